The summed E-state index contributed by atoms with van der Waals surface area (Å²) < 4.78 is 6.06. The average molecular weight is 378 g/mol. The van der Waals surface area contributed by atoms with Crippen molar-refractivity contribution in [1.82, 2.24) is 9.97 Å². The molecule has 5 nitrogen and oxygen atoms in total. The lowest BCUT2D eigenvalue weighted by Crippen LogP contribution is -2.22. The predicted molar refractivity (Wildman–Crippen MR) is 110 cm³/mol. The van der Waals surface area contributed by atoms with Crippen LogP contribution in [-0.4, -0.2) is 33.3 Å². The van der Waals surface area contributed by atoms with Crippen molar-refractivity contribution in [2.24, 2.45) is 0 Å². The quantitative estimate of drug-likeness (QED) is 0.642. The minimum Gasteiger partial charge on any atom is -0.478 e. The van der Waals surface area contributed by atoms with E-state index >= 15 is 0 Å². The van der Waals surface area contributed by atoms with Crippen molar-refractivity contribution in [1.29, 1.82) is 0 Å². The molecule has 4 rings (SSSR count). The number of hydrogen-bond acceptors (Lipinski definition) is 3. The summed E-state index contributed by atoms with van der Waals surface area (Å²) in [5.41, 5.74) is 3.73. The number of aromatic carboxylic acids is 1. The molecular formula is C23H26N2O3. The highest BCUT2D eigenvalue weighted by molar-refractivity contribution is 6.01. The first-order valence-corrected chi connectivity index (χ1v) is 9.99. The predicted octanol–water partition coefficient (Wildman–Crippen LogP) is 5.38. The Morgan fingerprint density at radius 1 is 1.14 bits per heavy atom. The number of ether oxygens (including phenoxy) is 1. The van der Waals surface area contributed by atoms with Gasteiger partial charge in [0.15, 0.2) is 0 Å². The third-order valence-corrected chi connectivity index (χ3v) is 5.62. The van der Waals surface area contributed by atoms with Crippen molar-refractivity contribution in [3.63, 3.8) is 0 Å². The molecule has 2 N–H and O–H groups in total. The number of aromatic nitrogens is 2. The van der Waals surface area contributed by atoms with E-state index < -0.39 is 5.97 Å². The van der Waals surface area contributed by atoms with E-state index in [2.05, 4.69) is 42.0 Å². The minimum atomic E-state index is -0.963. The third kappa shape index (κ3) is 3.80. The topological polar surface area (TPSA) is 75.2 Å². The van der Waals surface area contributed by atoms with Gasteiger partial charge in [0.1, 0.15) is 11.3 Å². The van der Waals surface area contributed by atoms with Crippen LogP contribution in [0, 0.1) is 0 Å². The molecule has 1 aromatic heterocycles. The molecule has 3 atom stereocenters. The molecule has 1 aliphatic rings. The summed E-state index contributed by atoms with van der Waals surface area (Å²) in [5, 5.41) is 9.40. The minimum absolute atomic E-state index is 0.219. The van der Waals surface area contributed by atoms with Crippen LogP contribution in [0.4, 0.5) is 0 Å². The highest BCUT2D eigenvalue weighted by Crippen LogP contribution is 2.33. The van der Waals surface area contributed by atoms with Crippen LogP contribution in [0.25, 0.3) is 22.4 Å². The van der Waals surface area contributed by atoms with Crippen LogP contribution in [-0.2, 0) is 4.74 Å². The fraction of sp³-hybridized carbons (Fsp3) is 0.391. The molecule has 5 heteroatoms. The van der Waals surface area contributed by atoms with Crippen LogP contribution in [0.3, 0.4) is 0 Å². The first kappa shape index (κ1) is 18.7. The molecule has 0 bridgehead atoms. The molecule has 0 spiro atoms. The van der Waals surface area contributed by atoms with E-state index in [1.807, 2.05) is 12.1 Å². The zero-order chi connectivity index (χ0) is 19.7. The Morgan fingerprint density at radius 3 is 2.79 bits per heavy atom. The lowest BCUT2D eigenvalue weighted by atomic mass is 9.86. The van der Waals surface area contributed by atoms with Gasteiger partial charge >= 0.3 is 5.97 Å². The number of imidazole rings is 1. The number of benzene rings is 2. The van der Waals surface area contributed by atoms with E-state index in [0.29, 0.717) is 23.4 Å². The molecule has 146 valence electrons. The largest absolute Gasteiger partial charge is 0.478 e. The Labute approximate surface area is 164 Å². The molecule has 1 unspecified atom stereocenters. The Bertz CT molecular complexity index is 994. The van der Waals surface area contributed by atoms with Gasteiger partial charge in [-0.25, -0.2) is 9.78 Å². The first-order valence-electron chi connectivity index (χ1n) is 9.99. The van der Waals surface area contributed by atoms with Crippen molar-refractivity contribution in [2.75, 3.05) is 0 Å². The van der Waals surface area contributed by atoms with E-state index in [1.54, 1.807) is 12.1 Å². The van der Waals surface area contributed by atoms with Crippen molar-refractivity contribution in [2.45, 2.75) is 57.7 Å². The zero-order valence-electron chi connectivity index (χ0n) is 16.3. The van der Waals surface area contributed by atoms with Gasteiger partial charge in [-0.1, -0.05) is 30.7 Å². The number of fused-ring (bicyclic) bond motifs is 1. The molecule has 1 fully saturated rings. The van der Waals surface area contributed by atoms with Gasteiger partial charge in [0.2, 0.25) is 0 Å². The second-order valence-corrected chi connectivity index (χ2v) is 7.84. The highest BCUT2D eigenvalue weighted by atomic mass is 16.5. The number of carbonyl (C=O) groups is 1. The molecule has 1 aliphatic heterocycles. The SMILES string of the molecule is C[C@@H]1CC(c2cccc(-c3nc4c(C(=O)O)cccc4[nH]3)c2)CCC[C@H](C)O1. The van der Waals surface area contributed by atoms with Crippen LogP contribution in [0.1, 0.15) is 61.4 Å². The van der Waals surface area contributed by atoms with Crippen molar-refractivity contribution in [3.05, 3.63) is 53.6 Å². The van der Waals surface area contributed by atoms with Crippen LogP contribution in [0.15, 0.2) is 42.5 Å². The first-order chi connectivity index (χ1) is 13.5. The number of hydrogen-bond donors (Lipinski definition) is 2. The van der Waals surface area contributed by atoms with Crippen LogP contribution >= 0.6 is 0 Å². The van der Waals surface area contributed by atoms with Crippen LogP contribution in [0.5, 0.6) is 0 Å². The summed E-state index contributed by atoms with van der Waals surface area (Å²) in [6.07, 6.45) is 5.01. The molecule has 3 aromatic rings. The lowest BCUT2D eigenvalue weighted by Gasteiger charge is -2.28. The van der Waals surface area contributed by atoms with Gasteiger partial charge in [-0.3, -0.25) is 0 Å². The number of nitrogens with one attached hydrogen (secondary N) is 1. The van der Waals surface area contributed by atoms with Crippen molar-refractivity contribution < 1.29 is 14.6 Å². The normalized spacial score (nSPS) is 23.3. The number of carboxylic acids is 1. The molecule has 0 saturated carbocycles. The third-order valence-electron chi connectivity index (χ3n) is 5.62. The van der Waals surface area contributed by atoms with E-state index in [1.165, 1.54) is 5.56 Å². The fourth-order valence-corrected chi connectivity index (χ4v) is 4.27. The maximum atomic E-state index is 11.5. The Kier molecular flexibility index (Phi) is 5.18. The Balaban J connectivity index is 1.66. The smallest absolute Gasteiger partial charge is 0.337 e. The van der Waals surface area contributed by atoms with Crippen molar-refractivity contribution in [3.8, 4) is 11.4 Å². The summed E-state index contributed by atoms with van der Waals surface area (Å²) in [6, 6.07) is 13.6. The summed E-state index contributed by atoms with van der Waals surface area (Å²) in [5.74, 6) is 0.200. The van der Waals surface area contributed by atoms with Gasteiger partial charge in [-0.2, -0.15) is 0 Å². The Hall–Kier alpha value is -2.66. The van der Waals surface area contributed by atoms with E-state index in [4.69, 9.17) is 4.74 Å². The number of nitrogens with zero attached hydrogens (tertiary/aromatic N) is 1. The maximum Gasteiger partial charge on any atom is 0.337 e. The van der Waals surface area contributed by atoms with Crippen LogP contribution < -0.4 is 0 Å². The molecule has 2 aromatic carbocycles. The number of H-pyrrole nitrogens is 1. The summed E-state index contributed by atoms with van der Waals surface area (Å²) >= 11 is 0. The summed E-state index contributed by atoms with van der Waals surface area (Å²) in [4.78, 5) is 19.3. The van der Waals surface area contributed by atoms with Gasteiger partial charge in [-0.05, 0) is 62.8 Å². The number of carboxylic acid groups (broad SMARTS) is 1. The molecule has 0 radical (unpaired) electrons. The van der Waals surface area contributed by atoms with Gasteiger partial charge < -0.3 is 14.8 Å². The fourth-order valence-electron chi connectivity index (χ4n) is 4.27. The molecule has 0 amide bonds. The summed E-state index contributed by atoms with van der Waals surface area (Å²) in [7, 11) is 0. The molecular weight excluding hydrogens is 352 g/mol. The number of aromatic amines is 1. The molecule has 1 saturated heterocycles. The maximum absolute atomic E-state index is 11.5. The zero-order valence-corrected chi connectivity index (χ0v) is 16.3. The Morgan fingerprint density at radius 2 is 1.96 bits per heavy atom. The van der Waals surface area contributed by atoms with Gasteiger partial charge in [-0.15, -0.1) is 0 Å². The average Bonchev–Trinajstić information content (AvgIpc) is 3.10. The number of para-hydroxylation sites is 1. The van der Waals surface area contributed by atoms with E-state index in [-0.39, 0.29) is 11.7 Å². The van der Waals surface area contributed by atoms with Gasteiger partial charge in [0.05, 0.1) is 23.3 Å². The second kappa shape index (κ2) is 7.76. The van der Waals surface area contributed by atoms with Gasteiger partial charge in [0, 0.05) is 5.56 Å². The second-order valence-electron chi connectivity index (χ2n) is 7.84. The molecule has 0 aliphatic carbocycles. The molecule has 2 heterocycles. The lowest BCUT2D eigenvalue weighted by molar-refractivity contribution is -0.0133. The standard InChI is InChI=1S/C23H26N2O3/c1-14-6-3-7-16(12-15(2)28-14)17-8-4-9-18(13-17)22-24-20-11-5-10-19(23(26)27)21(20)25-22/h4-5,8-11,13-16H,3,6-7,12H2,1-2H3,(H,24,25)(H,26,27)/t14-,15+,16?/m0/s1. The summed E-state index contributed by atoms with van der Waals surface area (Å²) in [6.45, 7) is 4.32. The van der Waals surface area contributed by atoms with Crippen molar-refractivity contribution >= 4 is 17.0 Å². The highest BCUT2D eigenvalue weighted by Gasteiger charge is 2.21. The number of rotatable bonds is 3. The monoisotopic (exact) mass is 378 g/mol. The molecule has 28 heavy (non-hydrogen) atoms. The van der Waals surface area contributed by atoms with E-state index in [9.17, 15) is 9.90 Å². The van der Waals surface area contributed by atoms with E-state index in [0.717, 1.165) is 36.8 Å². The van der Waals surface area contributed by atoms with Gasteiger partial charge in [0.25, 0.3) is 0 Å². The van der Waals surface area contributed by atoms with Crippen LogP contribution in [0.2, 0.25) is 0 Å².